The minimum absolute atomic E-state index is 0.335. The highest BCUT2D eigenvalue weighted by Crippen LogP contribution is 2.30. The van der Waals surface area contributed by atoms with E-state index in [1.807, 2.05) is 0 Å². The molecule has 2 unspecified atom stereocenters. The molecular formula is C14H23N5. The van der Waals surface area contributed by atoms with Crippen molar-refractivity contribution in [3.63, 3.8) is 0 Å². The van der Waals surface area contributed by atoms with Crippen LogP contribution in [0, 0.1) is 5.92 Å². The third kappa shape index (κ3) is 2.97. The van der Waals surface area contributed by atoms with Crippen molar-refractivity contribution < 1.29 is 0 Å². The van der Waals surface area contributed by atoms with Crippen LogP contribution >= 0.6 is 0 Å². The highest BCUT2D eigenvalue weighted by molar-refractivity contribution is 5.40. The maximum atomic E-state index is 5.50. The number of hydrogen-bond acceptors (Lipinski definition) is 5. The third-order valence-electron chi connectivity index (χ3n) is 4.47. The van der Waals surface area contributed by atoms with E-state index in [1.54, 1.807) is 12.4 Å². The number of aromatic nitrogens is 2. The number of nitrogens with one attached hydrogen (secondary N) is 1. The number of hydrogen-bond donors (Lipinski definition) is 2. The summed E-state index contributed by atoms with van der Waals surface area (Å²) < 4.78 is 0. The number of anilines is 2. The fourth-order valence-electron chi connectivity index (χ4n) is 3.49. The predicted molar refractivity (Wildman–Crippen MR) is 76.9 cm³/mol. The first-order chi connectivity index (χ1) is 9.33. The van der Waals surface area contributed by atoms with E-state index in [4.69, 9.17) is 5.73 Å². The van der Waals surface area contributed by atoms with E-state index in [9.17, 15) is 0 Å². The average Bonchev–Trinajstić information content (AvgIpc) is 2.47. The molecule has 0 aromatic carbocycles. The first kappa shape index (κ1) is 12.7. The second-order valence-electron chi connectivity index (χ2n) is 5.71. The van der Waals surface area contributed by atoms with Crippen molar-refractivity contribution in [3.8, 4) is 0 Å². The van der Waals surface area contributed by atoms with Crippen LogP contribution in [-0.4, -0.2) is 40.5 Å². The molecule has 5 nitrogen and oxygen atoms in total. The molecule has 3 N–H and O–H groups in total. The quantitative estimate of drug-likeness (QED) is 0.867. The Morgan fingerprint density at radius 1 is 1.16 bits per heavy atom. The van der Waals surface area contributed by atoms with E-state index in [-0.39, 0.29) is 0 Å². The van der Waals surface area contributed by atoms with E-state index in [0.29, 0.717) is 5.95 Å². The average molecular weight is 261 g/mol. The Balaban J connectivity index is 1.57. The number of fused-ring (bicyclic) bond motifs is 1. The monoisotopic (exact) mass is 261 g/mol. The topological polar surface area (TPSA) is 67.1 Å². The molecule has 3 heterocycles. The van der Waals surface area contributed by atoms with Gasteiger partial charge in [0.15, 0.2) is 0 Å². The van der Waals surface area contributed by atoms with Crippen LogP contribution in [0.5, 0.6) is 0 Å². The fourth-order valence-corrected chi connectivity index (χ4v) is 3.49. The lowest BCUT2D eigenvalue weighted by molar-refractivity contribution is 0.0649. The maximum Gasteiger partial charge on any atom is 0.220 e. The summed E-state index contributed by atoms with van der Waals surface area (Å²) >= 11 is 0. The normalized spacial score (nSPS) is 27.8. The molecule has 104 valence electrons. The SMILES string of the molecule is Nc1ncc(NCC2CCCN3CCCCC23)cn1. The standard InChI is InChI=1S/C14H23N5/c15-14-17-9-12(10-18-14)16-8-11-4-3-7-19-6-2-1-5-13(11)19/h9-11,13,16H,1-8H2,(H2,15,17,18). The minimum Gasteiger partial charge on any atom is -0.382 e. The zero-order valence-corrected chi connectivity index (χ0v) is 11.4. The minimum atomic E-state index is 0.335. The molecule has 0 saturated carbocycles. The van der Waals surface area contributed by atoms with Gasteiger partial charge in [0, 0.05) is 12.6 Å². The lowest BCUT2D eigenvalue weighted by Crippen LogP contribution is -2.49. The summed E-state index contributed by atoms with van der Waals surface area (Å²) in [5, 5.41) is 3.47. The summed E-state index contributed by atoms with van der Waals surface area (Å²) in [6.45, 7) is 3.62. The van der Waals surface area contributed by atoms with Gasteiger partial charge in [0.25, 0.3) is 0 Å². The van der Waals surface area contributed by atoms with Gasteiger partial charge in [-0.2, -0.15) is 0 Å². The Labute approximate surface area is 114 Å². The molecule has 0 radical (unpaired) electrons. The predicted octanol–water partition coefficient (Wildman–Crippen LogP) is 1.74. The molecule has 2 aliphatic rings. The summed E-state index contributed by atoms with van der Waals surface area (Å²) in [6.07, 6.45) is 10.3. The van der Waals surface area contributed by atoms with Gasteiger partial charge in [-0.1, -0.05) is 6.42 Å². The molecule has 5 heteroatoms. The molecule has 0 aliphatic carbocycles. The largest absolute Gasteiger partial charge is 0.382 e. The summed E-state index contributed by atoms with van der Waals surface area (Å²) in [7, 11) is 0. The highest BCUT2D eigenvalue weighted by atomic mass is 15.2. The van der Waals surface area contributed by atoms with E-state index in [1.165, 1.54) is 45.2 Å². The van der Waals surface area contributed by atoms with Gasteiger partial charge in [0.1, 0.15) is 0 Å². The third-order valence-corrected chi connectivity index (χ3v) is 4.47. The van der Waals surface area contributed by atoms with Crippen molar-refractivity contribution in [3.05, 3.63) is 12.4 Å². The lowest BCUT2D eigenvalue weighted by Gasteiger charge is -2.44. The summed E-state index contributed by atoms with van der Waals surface area (Å²) in [5.41, 5.74) is 6.47. The molecule has 0 spiro atoms. The molecule has 0 amide bonds. The van der Waals surface area contributed by atoms with E-state index < -0.39 is 0 Å². The van der Waals surface area contributed by atoms with Gasteiger partial charge >= 0.3 is 0 Å². The summed E-state index contributed by atoms with van der Waals surface area (Å²) in [4.78, 5) is 10.7. The van der Waals surface area contributed by atoms with Gasteiger partial charge < -0.3 is 16.0 Å². The van der Waals surface area contributed by atoms with Crippen molar-refractivity contribution in [1.29, 1.82) is 0 Å². The van der Waals surface area contributed by atoms with Gasteiger partial charge in [-0.15, -0.1) is 0 Å². The molecule has 2 aliphatic heterocycles. The van der Waals surface area contributed by atoms with Gasteiger partial charge in [0.05, 0.1) is 18.1 Å². The van der Waals surface area contributed by atoms with Crippen molar-refractivity contribution in [2.24, 2.45) is 5.92 Å². The second kappa shape index (κ2) is 5.74. The first-order valence-corrected chi connectivity index (χ1v) is 7.38. The summed E-state index contributed by atoms with van der Waals surface area (Å²) in [5.74, 6) is 1.09. The lowest BCUT2D eigenvalue weighted by atomic mass is 9.83. The molecule has 1 aromatic heterocycles. The zero-order valence-electron chi connectivity index (χ0n) is 11.4. The Morgan fingerprint density at radius 2 is 1.95 bits per heavy atom. The molecule has 19 heavy (non-hydrogen) atoms. The van der Waals surface area contributed by atoms with Crippen LogP contribution in [0.3, 0.4) is 0 Å². The number of nitrogens with two attached hydrogens (primary N) is 1. The number of rotatable bonds is 3. The molecule has 2 atom stereocenters. The molecule has 3 rings (SSSR count). The smallest absolute Gasteiger partial charge is 0.220 e. The molecule has 1 aromatic rings. The van der Waals surface area contributed by atoms with Crippen LogP contribution in [0.2, 0.25) is 0 Å². The zero-order chi connectivity index (χ0) is 13.1. The molecular weight excluding hydrogens is 238 g/mol. The number of nitrogen functional groups attached to an aromatic ring is 1. The van der Waals surface area contributed by atoms with Crippen LogP contribution in [0.4, 0.5) is 11.6 Å². The molecule has 0 bridgehead atoms. The Kier molecular flexibility index (Phi) is 3.82. The van der Waals surface area contributed by atoms with Crippen LogP contribution in [0.25, 0.3) is 0 Å². The van der Waals surface area contributed by atoms with Gasteiger partial charge in [-0.25, -0.2) is 9.97 Å². The van der Waals surface area contributed by atoms with E-state index in [2.05, 4.69) is 20.2 Å². The van der Waals surface area contributed by atoms with Gasteiger partial charge in [-0.05, 0) is 44.7 Å². The Bertz CT molecular complexity index is 403. The van der Waals surface area contributed by atoms with Crippen LogP contribution < -0.4 is 11.1 Å². The Morgan fingerprint density at radius 3 is 2.79 bits per heavy atom. The van der Waals surface area contributed by atoms with Gasteiger partial charge in [-0.3, -0.25) is 0 Å². The fraction of sp³-hybridized carbons (Fsp3) is 0.714. The van der Waals surface area contributed by atoms with Crippen molar-refractivity contribution in [2.45, 2.75) is 38.1 Å². The van der Waals surface area contributed by atoms with Crippen LogP contribution in [0.1, 0.15) is 32.1 Å². The van der Waals surface area contributed by atoms with Crippen molar-refractivity contribution >= 4 is 11.6 Å². The van der Waals surface area contributed by atoms with Crippen LogP contribution in [-0.2, 0) is 0 Å². The maximum absolute atomic E-state index is 5.50. The second-order valence-corrected chi connectivity index (χ2v) is 5.71. The Hall–Kier alpha value is -1.36. The van der Waals surface area contributed by atoms with E-state index >= 15 is 0 Å². The molecule has 2 saturated heterocycles. The number of nitrogens with zero attached hydrogens (tertiary/aromatic N) is 3. The summed E-state index contributed by atoms with van der Waals surface area (Å²) in [6, 6.07) is 0.782. The van der Waals surface area contributed by atoms with Crippen molar-refractivity contribution in [2.75, 3.05) is 30.7 Å². The first-order valence-electron chi connectivity index (χ1n) is 7.38. The molecule has 2 fully saturated rings. The van der Waals surface area contributed by atoms with Crippen molar-refractivity contribution in [1.82, 2.24) is 14.9 Å². The number of piperidine rings is 2. The van der Waals surface area contributed by atoms with Crippen LogP contribution in [0.15, 0.2) is 12.4 Å². The van der Waals surface area contributed by atoms with Gasteiger partial charge in [0.2, 0.25) is 5.95 Å². The van der Waals surface area contributed by atoms with E-state index in [0.717, 1.165) is 24.2 Å². The highest BCUT2D eigenvalue weighted by Gasteiger charge is 2.32.